The molecule has 1 aliphatic rings. The summed E-state index contributed by atoms with van der Waals surface area (Å²) in [5.41, 5.74) is 4.32. The topological polar surface area (TPSA) is 71.6 Å². The molecule has 3 aromatic carbocycles. The zero-order valence-corrected chi connectivity index (χ0v) is 20.3. The average molecular weight is 470 g/mol. The maximum absolute atomic E-state index is 11.4. The molecule has 4 aromatic rings. The molecule has 0 saturated heterocycles. The molecular weight excluding hydrogens is 438 g/mol. The predicted octanol–water partition coefficient (Wildman–Crippen LogP) is 7.98. The van der Waals surface area contributed by atoms with Crippen LogP contribution in [0.2, 0.25) is 0 Å². The summed E-state index contributed by atoms with van der Waals surface area (Å²) < 4.78 is 11.3. The van der Waals surface area contributed by atoms with Gasteiger partial charge in [-0.25, -0.2) is 4.79 Å². The second kappa shape index (κ2) is 9.49. The number of para-hydroxylation sites is 1. The molecule has 0 radical (unpaired) electrons. The average Bonchev–Trinajstić information content (AvgIpc) is 3.18. The lowest BCUT2D eigenvalue weighted by Crippen LogP contribution is -2.17. The minimum absolute atomic E-state index is 0.0674. The van der Waals surface area contributed by atoms with Crippen LogP contribution in [0.1, 0.15) is 50.7 Å². The van der Waals surface area contributed by atoms with E-state index in [0.717, 1.165) is 57.8 Å². The third-order valence-electron chi connectivity index (χ3n) is 7.04. The molecule has 2 N–H and O–H groups in total. The lowest BCUT2D eigenvalue weighted by Gasteiger charge is -2.32. The number of fused-ring (bicyclic) bond motifs is 2. The Morgan fingerprint density at radius 1 is 1.03 bits per heavy atom. The van der Waals surface area contributed by atoms with E-state index in [9.17, 15) is 9.90 Å². The maximum atomic E-state index is 11.4. The molecule has 1 heterocycles. The van der Waals surface area contributed by atoms with Crippen LogP contribution < -0.4 is 9.47 Å². The molecule has 5 heteroatoms. The summed E-state index contributed by atoms with van der Waals surface area (Å²) in [7, 11) is 0. The van der Waals surface area contributed by atoms with E-state index < -0.39 is 6.16 Å². The van der Waals surface area contributed by atoms with Gasteiger partial charge in [0.1, 0.15) is 5.75 Å². The molecule has 180 valence electrons. The van der Waals surface area contributed by atoms with Crippen LogP contribution in [0.4, 0.5) is 4.79 Å². The number of nitrogens with one attached hydrogen (secondary N) is 1. The fourth-order valence-corrected chi connectivity index (χ4v) is 5.33. The number of aromatic amines is 1. The van der Waals surface area contributed by atoms with Gasteiger partial charge in [-0.15, -0.1) is 0 Å². The number of carboxylic acid groups (broad SMARTS) is 1. The first-order valence-corrected chi connectivity index (χ1v) is 12.3. The normalized spacial score (nSPS) is 15.2. The molecule has 0 atom stereocenters. The molecule has 35 heavy (non-hydrogen) atoms. The molecule has 5 rings (SSSR count). The minimum Gasteiger partial charge on any atom is -0.493 e. The Bertz CT molecular complexity index is 1410. The van der Waals surface area contributed by atoms with Crippen LogP contribution in [0.15, 0.2) is 66.7 Å². The van der Waals surface area contributed by atoms with E-state index in [-0.39, 0.29) is 5.41 Å². The third kappa shape index (κ3) is 4.63. The van der Waals surface area contributed by atoms with Crippen molar-refractivity contribution in [2.75, 3.05) is 6.61 Å². The standard InChI is InChI=1S/C30H31NO4/c1-30(2)18-6-5-16-25(30)24-14-8-13-22-23(28(31-27(22)24)35-29(32)33)15-9-19-34-26-17-7-11-20-10-3-4-12-21(20)26/h3-4,7-8,10-14,16-17,31H,5-6,9,15,18-19H2,1-2H3,(H,32,33). The number of allylic oxidation sites excluding steroid dienone is 2. The van der Waals surface area contributed by atoms with Gasteiger partial charge in [0.2, 0.25) is 5.88 Å². The zero-order chi connectivity index (χ0) is 24.4. The van der Waals surface area contributed by atoms with Crippen LogP contribution in [-0.4, -0.2) is 22.9 Å². The summed E-state index contributed by atoms with van der Waals surface area (Å²) in [6, 6.07) is 20.4. The van der Waals surface area contributed by atoms with Crippen molar-refractivity contribution in [1.82, 2.24) is 4.98 Å². The minimum atomic E-state index is -1.32. The van der Waals surface area contributed by atoms with Gasteiger partial charge in [0.05, 0.1) is 12.1 Å². The summed E-state index contributed by atoms with van der Waals surface area (Å²) >= 11 is 0. The second-order valence-corrected chi connectivity index (χ2v) is 9.85. The van der Waals surface area contributed by atoms with Crippen LogP contribution in [-0.2, 0) is 6.42 Å². The molecule has 1 aromatic heterocycles. The molecule has 0 fully saturated rings. The monoisotopic (exact) mass is 469 g/mol. The lowest BCUT2D eigenvalue weighted by molar-refractivity contribution is 0.142. The summed E-state index contributed by atoms with van der Waals surface area (Å²) in [6.45, 7) is 5.07. The summed E-state index contributed by atoms with van der Waals surface area (Å²) in [4.78, 5) is 14.7. The van der Waals surface area contributed by atoms with Crippen molar-refractivity contribution >= 4 is 33.4 Å². The maximum Gasteiger partial charge on any atom is 0.512 e. The number of aromatic nitrogens is 1. The Labute approximate surface area is 205 Å². The molecule has 0 bridgehead atoms. The number of benzene rings is 3. The van der Waals surface area contributed by atoms with Gasteiger partial charge in [-0.3, -0.25) is 0 Å². The number of H-pyrrole nitrogens is 1. The van der Waals surface area contributed by atoms with E-state index >= 15 is 0 Å². The van der Waals surface area contributed by atoms with E-state index in [1.807, 2.05) is 30.3 Å². The number of ether oxygens (including phenoxy) is 2. The first-order chi connectivity index (χ1) is 16.9. The highest BCUT2D eigenvalue weighted by molar-refractivity contribution is 5.96. The second-order valence-electron chi connectivity index (χ2n) is 9.85. The molecule has 5 nitrogen and oxygen atoms in total. The fourth-order valence-electron chi connectivity index (χ4n) is 5.33. The van der Waals surface area contributed by atoms with Crippen LogP contribution in [0.5, 0.6) is 11.6 Å². The summed E-state index contributed by atoms with van der Waals surface area (Å²) in [5, 5.41) is 12.6. The van der Waals surface area contributed by atoms with Gasteiger partial charge in [0, 0.05) is 21.9 Å². The van der Waals surface area contributed by atoms with E-state index in [0.29, 0.717) is 18.9 Å². The van der Waals surface area contributed by atoms with E-state index in [4.69, 9.17) is 9.47 Å². The Kier molecular flexibility index (Phi) is 6.25. The van der Waals surface area contributed by atoms with Gasteiger partial charge in [-0.05, 0) is 54.5 Å². The van der Waals surface area contributed by atoms with E-state index in [1.165, 1.54) is 12.0 Å². The quantitative estimate of drug-likeness (QED) is 0.213. The van der Waals surface area contributed by atoms with Crippen molar-refractivity contribution in [2.24, 2.45) is 5.41 Å². The predicted molar refractivity (Wildman–Crippen MR) is 140 cm³/mol. The van der Waals surface area contributed by atoms with Crippen molar-refractivity contribution in [2.45, 2.75) is 46.0 Å². The molecular formula is C30H31NO4. The molecule has 0 amide bonds. The Balaban J connectivity index is 1.42. The van der Waals surface area contributed by atoms with Gasteiger partial charge in [0.15, 0.2) is 0 Å². The number of rotatable bonds is 7. The summed E-state index contributed by atoms with van der Waals surface area (Å²) in [5.74, 6) is 1.16. The van der Waals surface area contributed by atoms with Crippen molar-refractivity contribution < 1.29 is 19.4 Å². The third-order valence-corrected chi connectivity index (χ3v) is 7.04. The first-order valence-electron chi connectivity index (χ1n) is 12.3. The fraction of sp³-hybridized carbons (Fsp3) is 0.300. The van der Waals surface area contributed by atoms with Gasteiger partial charge in [-0.1, -0.05) is 74.5 Å². The van der Waals surface area contributed by atoms with Crippen molar-refractivity contribution in [3.05, 3.63) is 77.9 Å². The Morgan fingerprint density at radius 3 is 2.63 bits per heavy atom. The van der Waals surface area contributed by atoms with Gasteiger partial charge in [0.25, 0.3) is 0 Å². The highest BCUT2D eigenvalue weighted by Crippen LogP contribution is 2.45. The highest BCUT2D eigenvalue weighted by Gasteiger charge is 2.29. The Hall–Kier alpha value is -3.73. The van der Waals surface area contributed by atoms with Gasteiger partial charge >= 0.3 is 6.16 Å². The largest absolute Gasteiger partial charge is 0.512 e. The zero-order valence-electron chi connectivity index (χ0n) is 20.3. The van der Waals surface area contributed by atoms with Gasteiger partial charge in [-0.2, -0.15) is 0 Å². The molecule has 0 saturated carbocycles. The Morgan fingerprint density at radius 2 is 1.80 bits per heavy atom. The molecule has 0 aliphatic heterocycles. The number of hydrogen-bond donors (Lipinski definition) is 2. The van der Waals surface area contributed by atoms with Crippen molar-refractivity contribution in [1.29, 1.82) is 0 Å². The number of hydrogen-bond acceptors (Lipinski definition) is 3. The van der Waals surface area contributed by atoms with Crippen molar-refractivity contribution in [3.8, 4) is 11.6 Å². The first kappa shape index (κ1) is 23.0. The van der Waals surface area contributed by atoms with E-state index in [2.05, 4.69) is 55.2 Å². The SMILES string of the molecule is CC1(C)CCCC=C1c1cccc2c(CCCOc3cccc4ccccc34)c(OC(=O)O)[nH]c12. The van der Waals surface area contributed by atoms with Crippen LogP contribution in [0.3, 0.4) is 0 Å². The highest BCUT2D eigenvalue weighted by atomic mass is 16.7. The van der Waals surface area contributed by atoms with Crippen LogP contribution in [0, 0.1) is 5.41 Å². The molecule has 0 unspecified atom stereocenters. The van der Waals surface area contributed by atoms with Crippen molar-refractivity contribution in [3.63, 3.8) is 0 Å². The van der Waals surface area contributed by atoms with Crippen LogP contribution in [0.25, 0.3) is 27.2 Å². The molecule has 1 aliphatic carbocycles. The number of aryl methyl sites for hydroxylation is 1. The number of carbonyl (C=O) groups is 1. The molecule has 0 spiro atoms. The van der Waals surface area contributed by atoms with Crippen LogP contribution >= 0.6 is 0 Å². The smallest absolute Gasteiger partial charge is 0.493 e. The van der Waals surface area contributed by atoms with E-state index in [1.54, 1.807) is 0 Å². The lowest BCUT2D eigenvalue weighted by atomic mass is 9.72. The summed E-state index contributed by atoms with van der Waals surface area (Å²) in [6.07, 6.45) is 5.76. The van der Waals surface area contributed by atoms with Gasteiger partial charge < -0.3 is 19.6 Å².